The minimum atomic E-state index is -1.07. The number of halogens is 4. The van der Waals surface area contributed by atoms with Gasteiger partial charge in [0.1, 0.15) is 11.6 Å². The molecule has 0 nitrogen and oxygen atoms in total. The molecule has 8 bridgehead atoms. The highest BCUT2D eigenvalue weighted by atomic mass is 19.2. The second-order valence-corrected chi connectivity index (χ2v) is 7.06. The van der Waals surface area contributed by atoms with E-state index in [1.807, 2.05) is 0 Å². The van der Waals surface area contributed by atoms with Crippen molar-refractivity contribution < 1.29 is 17.6 Å². The van der Waals surface area contributed by atoms with Crippen molar-refractivity contribution in [3.63, 3.8) is 0 Å². The van der Waals surface area contributed by atoms with E-state index in [2.05, 4.69) is 0 Å². The van der Waals surface area contributed by atoms with E-state index < -0.39 is 23.3 Å². The van der Waals surface area contributed by atoms with Crippen molar-refractivity contribution in [3.8, 4) is 0 Å². The second-order valence-electron chi connectivity index (χ2n) is 7.06. The molecule has 0 heterocycles. The van der Waals surface area contributed by atoms with E-state index in [-0.39, 0.29) is 26.9 Å². The topological polar surface area (TPSA) is 0 Å². The van der Waals surface area contributed by atoms with Crippen LogP contribution in [0.15, 0.2) is 60.7 Å². The summed E-state index contributed by atoms with van der Waals surface area (Å²) in [6.45, 7) is 0. The molecule has 0 unspecified atom stereocenters. The van der Waals surface area contributed by atoms with Crippen LogP contribution in [0, 0.1) is 23.3 Å². The van der Waals surface area contributed by atoms with Crippen molar-refractivity contribution in [2.45, 2.75) is 0 Å². The predicted molar refractivity (Wildman–Crippen MR) is 105 cm³/mol. The van der Waals surface area contributed by atoms with E-state index in [4.69, 9.17) is 0 Å². The Bertz CT molecular complexity index is 1600. The molecule has 8 aromatic rings. The van der Waals surface area contributed by atoms with E-state index >= 15 is 8.78 Å². The maximum atomic E-state index is 15.3. The summed E-state index contributed by atoms with van der Waals surface area (Å²) in [5.74, 6) is -3.18. The van der Waals surface area contributed by atoms with Crippen LogP contribution in [-0.2, 0) is 0 Å². The Morgan fingerprint density at radius 3 is 1.79 bits per heavy atom. The molecule has 0 aliphatic rings. The molecule has 0 saturated heterocycles. The van der Waals surface area contributed by atoms with E-state index in [0.29, 0.717) is 26.9 Å². The molecule has 0 N–H and O–H groups in total. The average Bonchev–Trinajstić information content (AvgIpc) is 2.85. The summed E-state index contributed by atoms with van der Waals surface area (Å²) in [6, 6.07) is 15.5. The number of fused-ring (bicyclic) bond motifs is 4. The Kier molecular flexibility index (Phi) is 2.85. The Morgan fingerprint density at radius 2 is 1.07 bits per heavy atom. The summed E-state index contributed by atoms with van der Waals surface area (Å²) in [6.07, 6.45) is 0. The lowest BCUT2D eigenvalue weighted by Crippen LogP contribution is -1.87. The van der Waals surface area contributed by atoms with Crippen LogP contribution in [0.1, 0.15) is 0 Å². The van der Waals surface area contributed by atoms with Crippen molar-refractivity contribution >= 4 is 53.9 Å². The fourth-order valence-electron chi connectivity index (χ4n) is 4.47. The highest BCUT2D eigenvalue weighted by Gasteiger charge is 2.21. The van der Waals surface area contributed by atoms with Crippen molar-refractivity contribution in [3.05, 3.63) is 83.9 Å². The molecule has 0 amide bonds. The molecule has 0 radical (unpaired) electrons. The van der Waals surface area contributed by atoms with Gasteiger partial charge in [0.2, 0.25) is 0 Å². The van der Waals surface area contributed by atoms with E-state index in [9.17, 15) is 8.78 Å². The lowest BCUT2D eigenvalue weighted by molar-refractivity contribution is 0.525. The largest absolute Gasteiger partial charge is 0.206 e. The standard InChI is InChI=1S/C24H10F4/c25-18-9-11-5-6-16(18)21-17-10-19(26)20(11)22(21)13-4-2-1-3-12(13)14-7-8-15(17)24(28)23(14)27/h1-10H. The maximum Gasteiger partial charge on any atom is 0.167 e. The van der Waals surface area contributed by atoms with Crippen LogP contribution in [0.4, 0.5) is 17.6 Å². The molecule has 0 aromatic heterocycles. The molecule has 8 aromatic carbocycles. The summed E-state index contributed by atoms with van der Waals surface area (Å²) in [4.78, 5) is 0. The molecule has 0 aliphatic carbocycles. The summed E-state index contributed by atoms with van der Waals surface area (Å²) >= 11 is 0. The average molecular weight is 374 g/mol. The fraction of sp³-hybridized carbons (Fsp3) is 0. The van der Waals surface area contributed by atoms with Gasteiger partial charge in [-0.25, -0.2) is 17.6 Å². The van der Waals surface area contributed by atoms with Gasteiger partial charge in [-0.3, -0.25) is 0 Å². The third-order valence-electron chi connectivity index (χ3n) is 5.67. The van der Waals surface area contributed by atoms with E-state index in [0.717, 1.165) is 0 Å². The molecule has 0 saturated carbocycles. The van der Waals surface area contributed by atoms with Gasteiger partial charge >= 0.3 is 0 Å². The maximum absolute atomic E-state index is 15.3. The SMILES string of the molecule is Fc1c(F)c2ccc1c1ccccc1c1c3c(F)cc2c1c1ccc3cc1F. The minimum Gasteiger partial charge on any atom is -0.206 e. The van der Waals surface area contributed by atoms with Crippen molar-refractivity contribution in [2.75, 3.05) is 0 Å². The normalized spacial score (nSPS) is 12.3. The Labute approximate surface area is 155 Å². The molecule has 0 aliphatic heterocycles. The lowest BCUT2D eigenvalue weighted by atomic mass is 9.98. The van der Waals surface area contributed by atoms with Crippen LogP contribution in [-0.4, -0.2) is 0 Å². The van der Waals surface area contributed by atoms with Crippen LogP contribution >= 0.6 is 0 Å². The molecule has 28 heavy (non-hydrogen) atoms. The molecule has 0 fully saturated rings. The Hall–Kier alpha value is -3.40. The van der Waals surface area contributed by atoms with Crippen LogP contribution < -0.4 is 0 Å². The summed E-state index contributed by atoms with van der Waals surface area (Å²) in [7, 11) is 0. The Balaban J connectivity index is 2.25. The zero-order chi connectivity index (χ0) is 19.2. The summed E-state index contributed by atoms with van der Waals surface area (Å²) in [5.41, 5.74) is 0. The molecule has 0 spiro atoms. The molecule has 0 atom stereocenters. The number of benzene rings is 4. The van der Waals surface area contributed by atoms with E-state index in [1.165, 1.54) is 24.3 Å². The first kappa shape index (κ1) is 15.6. The van der Waals surface area contributed by atoms with E-state index in [1.54, 1.807) is 36.4 Å². The monoisotopic (exact) mass is 374 g/mol. The van der Waals surface area contributed by atoms with Crippen LogP contribution in [0.5, 0.6) is 0 Å². The van der Waals surface area contributed by atoms with Gasteiger partial charge < -0.3 is 0 Å². The van der Waals surface area contributed by atoms with Crippen molar-refractivity contribution in [2.24, 2.45) is 0 Å². The van der Waals surface area contributed by atoms with Gasteiger partial charge in [0.25, 0.3) is 0 Å². The number of rotatable bonds is 0. The van der Waals surface area contributed by atoms with Gasteiger partial charge in [-0.15, -0.1) is 0 Å². The predicted octanol–water partition coefficient (Wildman–Crippen LogP) is 7.45. The van der Waals surface area contributed by atoms with Gasteiger partial charge in [0.15, 0.2) is 11.6 Å². The zero-order valence-electron chi connectivity index (χ0n) is 14.3. The smallest absolute Gasteiger partial charge is 0.167 e. The third-order valence-corrected chi connectivity index (χ3v) is 5.67. The molecule has 4 heteroatoms. The van der Waals surface area contributed by atoms with Gasteiger partial charge in [-0.05, 0) is 33.7 Å². The van der Waals surface area contributed by atoms with Crippen molar-refractivity contribution in [1.29, 1.82) is 0 Å². The summed E-state index contributed by atoms with van der Waals surface area (Å²) < 4.78 is 60.1. The molecular weight excluding hydrogens is 364 g/mol. The zero-order valence-corrected chi connectivity index (χ0v) is 14.3. The van der Waals surface area contributed by atoms with Gasteiger partial charge in [-0.2, -0.15) is 0 Å². The summed E-state index contributed by atoms with van der Waals surface area (Å²) in [5, 5.41) is 2.87. The molecule has 134 valence electrons. The van der Waals surface area contributed by atoms with Gasteiger partial charge in [0, 0.05) is 32.3 Å². The third kappa shape index (κ3) is 1.75. The van der Waals surface area contributed by atoms with Crippen molar-refractivity contribution in [1.82, 2.24) is 0 Å². The molecular formula is C24H10F4. The number of hydrogen-bond donors (Lipinski definition) is 0. The van der Waals surface area contributed by atoms with Crippen LogP contribution in [0.2, 0.25) is 0 Å². The first-order valence-electron chi connectivity index (χ1n) is 8.81. The van der Waals surface area contributed by atoms with Crippen LogP contribution in [0.3, 0.4) is 0 Å². The second kappa shape index (κ2) is 5.10. The quantitative estimate of drug-likeness (QED) is 0.242. The number of hydrogen-bond acceptors (Lipinski definition) is 0. The lowest BCUT2D eigenvalue weighted by Gasteiger charge is -2.05. The highest BCUT2D eigenvalue weighted by Crippen LogP contribution is 2.42. The highest BCUT2D eigenvalue weighted by molar-refractivity contribution is 6.31. The fourth-order valence-corrected chi connectivity index (χ4v) is 4.47. The molecule has 8 rings (SSSR count). The van der Waals surface area contributed by atoms with Gasteiger partial charge in [0.05, 0.1) is 0 Å². The first-order valence-corrected chi connectivity index (χ1v) is 8.81. The van der Waals surface area contributed by atoms with Crippen LogP contribution in [0.25, 0.3) is 53.9 Å². The van der Waals surface area contributed by atoms with Gasteiger partial charge in [-0.1, -0.05) is 48.5 Å². The minimum absolute atomic E-state index is 0.0835. The Morgan fingerprint density at radius 1 is 0.429 bits per heavy atom. The first-order chi connectivity index (χ1) is 13.6.